The van der Waals surface area contributed by atoms with Gasteiger partial charge < -0.3 is 10.1 Å². The first kappa shape index (κ1) is 21.2. The average Bonchev–Trinajstić information content (AvgIpc) is 3.19. The molecule has 0 unspecified atom stereocenters. The van der Waals surface area contributed by atoms with Crippen molar-refractivity contribution in [3.05, 3.63) is 59.7 Å². The summed E-state index contributed by atoms with van der Waals surface area (Å²) in [5.74, 6) is 0. The minimum absolute atomic E-state index is 0.0433. The third-order valence-electron chi connectivity index (χ3n) is 6.56. The van der Waals surface area contributed by atoms with Gasteiger partial charge in [0.2, 0.25) is 0 Å². The maximum absolute atomic E-state index is 12.9. The number of alkyl halides is 3. The fourth-order valence-corrected chi connectivity index (χ4v) is 5.08. The van der Waals surface area contributed by atoms with Crippen molar-refractivity contribution in [1.29, 1.82) is 0 Å². The molecule has 2 aromatic rings. The molecular weight excluding hydrogens is 391 g/mol. The van der Waals surface area contributed by atoms with Crippen LogP contribution in [-0.4, -0.2) is 28.7 Å². The molecule has 4 rings (SSSR count). The normalized spacial score (nSPS) is 23.7. The summed E-state index contributed by atoms with van der Waals surface area (Å²) in [4.78, 5) is 8.43. The number of nitrogens with one attached hydrogen (secondary N) is 1. The molecule has 2 fully saturated rings. The number of hydrogen-bond acceptors (Lipinski definition) is 4. The van der Waals surface area contributed by atoms with Crippen molar-refractivity contribution in [2.45, 2.75) is 68.7 Å². The molecule has 1 spiro atoms. The van der Waals surface area contributed by atoms with Gasteiger partial charge in [0.1, 0.15) is 5.69 Å². The smallest absolute Gasteiger partial charge is 0.375 e. The van der Waals surface area contributed by atoms with Crippen LogP contribution in [0.5, 0.6) is 0 Å². The molecule has 1 atom stereocenters. The van der Waals surface area contributed by atoms with Gasteiger partial charge in [-0.1, -0.05) is 25.0 Å². The van der Waals surface area contributed by atoms with Crippen LogP contribution in [0.1, 0.15) is 62.0 Å². The third-order valence-corrected chi connectivity index (χ3v) is 6.56. The van der Waals surface area contributed by atoms with Crippen LogP contribution in [0.25, 0.3) is 0 Å². The molecule has 0 aromatic carbocycles. The lowest BCUT2D eigenvalue weighted by Crippen LogP contribution is -2.47. The second-order valence-corrected chi connectivity index (χ2v) is 8.60. The van der Waals surface area contributed by atoms with E-state index in [1.807, 2.05) is 18.3 Å². The van der Waals surface area contributed by atoms with Crippen molar-refractivity contribution in [3.8, 4) is 0 Å². The molecule has 1 saturated heterocycles. The lowest BCUT2D eigenvalue weighted by Gasteiger charge is -2.46. The third kappa shape index (κ3) is 4.67. The van der Waals surface area contributed by atoms with E-state index in [0.29, 0.717) is 18.8 Å². The summed E-state index contributed by atoms with van der Waals surface area (Å²) in [7, 11) is 0. The van der Waals surface area contributed by atoms with Crippen LogP contribution >= 0.6 is 0 Å². The molecule has 162 valence electrons. The topological polar surface area (TPSA) is 47.0 Å². The molecule has 1 aliphatic carbocycles. The Balaban J connectivity index is 1.43. The van der Waals surface area contributed by atoms with Crippen molar-refractivity contribution in [1.82, 2.24) is 15.3 Å². The van der Waals surface area contributed by atoms with Gasteiger partial charge in [-0.15, -0.1) is 0 Å². The molecule has 0 bridgehead atoms. The van der Waals surface area contributed by atoms with Crippen molar-refractivity contribution in [2.24, 2.45) is 0 Å². The van der Waals surface area contributed by atoms with Crippen molar-refractivity contribution >= 4 is 0 Å². The summed E-state index contributed by atoms with van der Waals surface area (Å²) in [5, 5.41) is 3.30. The van der Waals surface area contributed by atoms with E-state index in [1.54, 1.807) is 6.07 Å². The molecule has 0 amide bonds. The molecule has 2 aromatic heterocycles. The van der Waals surface area contributed by atoms with Gasteiger partial charge >= 0.3 is 6.18 Å². The zero-order valence-corrected chi connectivity index (χ0v) is 17.0. The van der Waals surface area contributed by atoms with E-state index >= 15 is 0 Å². The quantitative estimate of drug-likeness (QED) is 0.667. The molecule has 2 aliphatic rings. The Hall–Kier alpha value is -1.99. The van der Waals surface area contributed by atoms with E-state index in [0.717, 1.165) is 50.5 Å². The highest BCUT2D eigenvalue weighted by Crippen LogP contribution is 2.49. The lowest BCUT2D eigenvalue weighted by atomic mass is 9.68. The molecule has 1 saturated carbocycles. The first-order valence-electron chi connectivity index (χ1n) is 10.7. The van der Waals surface area contributed by atoms with Gasteiger partial charge in [0.05, 0.1) is 11.3 Å². The van der Waals surface area contributed by atoms with E-state index in [9.17, 15) is 13.2 Å². The van der Waals surface area contributed by atoms with Crippen LogP contribution in [0, 0.1) is 0 Å². The van der Waals surface area contributed by atoms with Crippen molar-refractivity contribution in [3.63, 3.8) is 0 Å². The van der Waals surface area contributed by atoms with E-state index in [2.05, 4.69) is 21.4 Å². The fraction of sp³-hybridized carbons (Fsp3) is 0.565. The molecule has 0 radical (unpaired) electrons. The van der Waals surface area contributed by atoms with E-state index in [4.69, 9.17) is 4.74 Å². The maximum atomic E-state index is 12.9. The molecule has 1 aliphatic heterocycles. The number of aromatic nitrogens is 2. The van der Waals surface area contributed by atoms with Crippen LogP contribution in [0.3, 0.4) is 0 Å². The Morgan fingerprint density at radius 3 is 2.60 bits per heavy atom. The molecule has 3 heterocycles. The standard InChI is InChI=1S/C23H28F3N3O/c24-23(25,26)20-8-5-6-18(29-20)16-27-14-11-21(19-7-1-4-13-28-19)12-15-30-22(17-21)9-2-3-10-22/h1,4-8,13,27H,2-3,9-12,14-17H2/t21-/m1/s1. The summed E-state index contributed by atoms with van der Waals surface area (Å²) in [6.45, 7) is 1.72. The molecule has 30 heavy (non-hydrogen) atoms. The largest absolute Gasteiger partial charge is 0.433 e. The predicted molar refractivity (Wildman–Crippen MR) is 108 cm³/mol. The number of nitrogens with zero attached hydrogens (tertiary/aromatic N) is 2. The molecule has 7 heteroatoms. The van der Waals surface area contributed by atoms with Gasteiger partial charge in [-0.2, -0.15) is 13.2 Å². The number of pyridine rings is 2. The molecule has 4 nitrogen and oxygen atoms in total. The SMILES string of the molecule is FC(F)(F)c1cccc(CNCC[C@@]2(c3ccccn3)CCOC3(CCCC3)C2)n1. The monoisotopic (exact) mass is 419 g/mol. The van der Waals surface area contributed by atoms with E-state index < -0.39 is 11.9 Å². The second kappa shape index (κ2) is 8.63. The summed E-state index contributed by atoms with van der Waals surface area (Å²) < 4.78 is 44.9. The highest BCUT2D eigenvalue weighted by molar-refractivity contribution is 5.21. The summed E-state index contributed by atoms with van der Waals surface area (Å²) in [5.41, 5.74) is 0.532. The van der Waals surface area contributed by atoms with Crippen LogP contribution in [-0.2, 0) is 22.9 Å². The first-order chi connectivity index (χ1) is 14.4. The zero-order chi connectivity index (χ0) is 21.1. The number of hydrogen-bond donors (Lipinski definition) is 1. The molecular formula is C23H28F3N3O. The number of rotatable bonds is 6. The van der Waals surface area contributed by atoms with Gasteiger partial charge in [0.15, 0.2) is 0 Å². The number of ether oxygens (including phenoxy) is 1. The Labute approximate surface area is 175 Å². The predicted octanol–water partition coefficient (Wildman–Crippen LogP) is 5.04. The summed E-state index contributed by atoms with van der Waals surface area (Å²) >= 11 is 0. The van der Waals surface area contributed by atoms with Crippen LogP contribution < -0.4 is 5.32 Å². The minimum Gasteiger partial charge on any atom is -0.375 e. The Bertz CT molecular complexity index is 837. The van der Waals surface area contributed by atoms with E-state index in [1.165, 1.54) is 18.9 Å². The van der Waals surface area contributed by atoms with Crippen LogP contribution in [0.15, 0.2) is 42.6 Å². The highest BCUT2D eigenvalue weighted by atomic mass is 19.4. The summed E-state index contributed by atoms with van der Waals surface area (Å²) in [6, 6.07) is 10.1. The van der Waals surface area contributed by atoms with Crippen molar-refractivity contribution in [2.75, 3.05) is 13.2 Å². The summed E-state index contributed by atoms with van der Waals surface area (Å²) in [6.07, 6.45) is 4.77. The van der Waals surface area contributed by atoms with Crippen molar-refractivity contribution < 1.29 is 17.9 Å². The Kier molecular flexibility index (Phi) is 6.11. The van der Waals surface area contributed by atoms with Gasteiger partial charge in [0.25, 0.3) is 0 Å². The maximum Gasteiger partial charge on any atom is 0.433 e. The van der Waals surface area contributed by atoms with E-state index in [-0.39, 0.29) is 11.0 Å². The Morgan fingerprint density at radius 2 is 1.87 bits per heavy atom. The van der Waals surface area contributed by atoms with Crippen LogP contribution in [0.2, 0.25) is 0 Å². The number of halogens is 3. The fourth-order valence-electron chi connectivity index (χ4n) is 5.08. The van der Waals surface area contributed by atoms with Gasteiger partial charge in [-0.05, 0) is 62.9 Å². The lowest BCUT2D eigenvalue weighted by molar-refractivity contribution is -0.141. The highest BCUT2D eigenvalue weighted by Gasteiger charge is 2.48. The second-order valence-electron chi connectivity index (χ2n) is 8.60. The first-order valence-corrected chi connectivity index (χ1v) is 10.7. The van der Waals surface area contributed by atoms with Gasteiger partial charge in [-0.3, -0.25) is 4.98 Å². The van der Waals surface area contributed by atoms with Gasteiger partial charge in [-0.25, -0.2) is 4.98 Å². The molecule has 1 N–H and O–H groups in total. The minimum atomic E-state index is -4.42. The zero-order valence-electron chi connectivity index (χ0n) is 17.0. The Morgan fingerprint density at radius 1 is 1.03 bits per heavy atom. The van der Waals surface area contributed by atoms with Crippen LogP contribution in [0.4, 0.5) is 13.2 Å². The average molecular weight is 419 g/mol. The van der Waals surface area contributed by atoms with Gasteiger partial charge in [0, 0.05) is 30.5 Å².